The van der Waals surface area contributed by atoms with E-state index in [1.165, 1.54) is 14.0 Å². The van der Waals surface area contributed by atoms with Crippen LogP contribution in [0.25, 0.3) is 10.6 Å². The Hall–Kier alpha value is -3.13. The number of benzene rings is 1. The monoisotopic (exact) mass is 397 g/mol. The summed E-state index contributed by atoms with van der Waals surface area (Å²) >= 11 is 1.56. The van der Waals surface area contributed by atoms with Gasteiger partial charge in [-0.1, -0.05) is 11.2 Å². The fourth-order valence-corrected chi connectivity index (χ4v) is 3.76. The summed E-state index contributed by atoms with van der Waals surface area (Å²) in [6, 6.07) is 10.8. The molecule has 144 valence electrons. The number of aromatic nitrogens is 1. The topological polar surface area (TPSA) is 93.5 Å². The summed E-state index contributed by atoms with van der Waals surface area (Å²) in [4.78, 5) is 25.3. The van der Waals surface area contributed by atoms with Crippen molar-refractivity contribution in [1.82, 2.24) is 5.16 Å². The molecule has 0 radical (unpaired) electrons. The Labute approximate surface area is 165 Å². The van der Waals surface area contributed by atoms with Crippen LogP contribution in [-0.4, -0.2) is 24.1 Å². The fraction of sp³-hybridized carbons (Fsp3) is 0.250. The van der Waals surface area contributed by atoms with Gasteiger partial charge in [-0.2, -0.15) is 0 Å². The lowest BCUT2D eigenvalue weighted by atomic mass is 10.0. The third-order valence-electron chi connectivity index (χ3n) is 4.72. The zero-order chi connectivity index (χ0) is 19.7. The standard InChI is InChI=1S/C20H19N3O4S/c1-12(24)21-13-5-6-15(26-2)14(10-13)22-19(25)20(7-8-20)18-11-16(27-23-18)17-4-3-9-28-17/h3-6,9-11H,7-8H2,1-2H3,(H,21,24)(H,22,25). The van der Waals surface area contributed by atoms with Crippen LogP contribution >= 0.6 is 11.3 Å². The average Bonchev–Trinajstić information content (AvgIpc) is 3.08. The Bertz CT molecular complexity index is 1020. The molecule has 0 unspecified atom stereocenters. The summed E-state index contributed by atoms with van der Waals surface area (Å²) in [6.45, 7) is 1.43. The molecular formula is C20H19N3O4S. The molecule has 1 fully saturated rings. The van der Waals surface area contributed by atoms with Crippen LogP contribution < -0.4 is 15.4 Å². The van der Waals surface area contributed by atoms with Crippen LogP contribution in [0.15, 0.2) is 46.3 Å². The number of carbonyl (C=O) groups is 2. The molecule has 3 aromatic rings. The first-order valence-corrected chi connectivity index (χ1v) is 9.68. The Kier molecular flexibility index (Phi) is 4.64. The second-order valence-electron chi connectivity index (χ2n) is 6.69. The highest BCUT2D eigenvalue weighted by atomic mass is 32.1. The van der Waals surface area contributed by atoms with E-state index >= 15 is 0 Å². The maximum absolute atomic E-state index is 13.1. The first-order valence-electron chi connectivity index (χ1n) is 8.80. The summed E-state index contributed by atoms with van der Waals surface area (Å²) in [6.07, 6.45) is 1.39. The van der Waals surface area contributed by atoms with Gasteiger partial charge in [-0.05, 0) is 42.5 Å². The van der Waals surface area contributed by atoms with Crippen molar-refractivity contribution in [1.29, 1.82) is 0 Å². The number of nitrogens with zero attached hydrogens (tertiary/aromatic N) is 1. The predicted molar refractivity (Wildman–Crippen MR) is 107 cm³/mol. The van der Waals surface area contributed by atoms with Gasteiger partial charge in [0.15, 0.2) is 5.76 Å². The summed E-state index contributed by atoms with van der Waals surface area (Å²) < 4.78 is 10.8. The number of carbonyl (C=O) groups excluding carboxylic acids is 2. The first kappa shape index (κ1) is 18.2. The van der Waals surface area contributed by atoms with Crippen LogP contribution in [-0.2, 0) is 15.0 Å². The molecule has 1 saturated carbocycles. The van der Waals surface area contributed by atoms with Gasteiger partial charge >= 0.3 is 0 Å². The summed E-state index contributed by atoms with van der Waals surface area (Å²) in [7, 11) is 1.53. The van der Waals surface area contributed by atoms with Crippen molar-refractivity contribution < 1.29 is 18.8 Å². The Morgan fingerprint density at radius 1 is 1.21 bits per heavy atom. The van der Waals surface area contributed by atoms with Crippen LogP contribution in [0.4, 0.5) is 11.4 Å². The molecule has 0 aliphatic heterocycles. The number of thiophene rings is 1. The molecule has 0 atom stereocenters. The largest absolute Gasteiger partial charge is 0.495 e. The van der Waals surface area contributed by atoms with E-state index in [9.17, 15) is 9.59 Å². The zero-order valence-corrected chi connectivity index (χ0v) is 16.3. The molecule has 0 bridgehead atoms. The minimum atomic E-state index is -0.700. The fourth-order valence-electron chi connectivity index (χ4n) is 3.09. The smallest absolute Gasteiger partial charge is 0.236 e. The number of ether oxygens (including phenoxy) is 1. The molecule has 2 N–H and O–H groups in total. The second-order valence-corrected chi connectivity index (χ2v) is 7.63. The number of amides is 2. The molecule has 1 aliphatic carbocycles. The molecular weight excluding hydrogens is 378 g/mol. The Balaban J connectivity index is 1.57. The molecule has 2 amide bonds. The van der Waals surface area contributed by atoms with E-state index in [1.807, 2.05) is 23.6 Å². The van der Waals surface area contributed by atoms with Crippen molar-refractivity contribution in [3.8, 4) is 16.4 Å². The van der Waals surface area contributed by atoms with Crippen LogP contribution in [0.2, 0.25) is 0 Å². The molecule has 28 heavy (non-hydrogen) atoms. The van der Waals surface area contributed by atoms with Gasteiger partial charge in [0.2, 0.25) is 11.8 Å². The van der Waals surface area contributed by atoms with Gasteiger partial charge in [0.25, 0.3) is 0 Å². The lowest BCUT2D eigenvalue weighted by molar-refractivity contribution is -0.118. The highest BCUT2D eigenvalue weighted by molar-refractivity contribution is 7.13. The molecule has 2 heterocycles. The predicted octanol–water partition coefficient (Wildman–Crippen LogP) is 4.04. The first-order chi connectivity index (χ1) is 13.5. The summed E-state index contributed by atoms with van der Waals surface area (Å²) in [5.41, 5.74) is 1.00. The molecule has 4 rings (SSSR count). The van der Waals surface area contributed by atoms with Gasteiger partial charge < -0.3 is 19.9 Å². The van der Waals surface area contributed by atoms with E-state index in [1.54, 1.807) is 29.5 Å². The Morgan fingerprint density at radius 3 is 2.68 bits per heavy atom. The lowest BCUT2D eigenvalue weighted by Crippen LogP contribution is -2.28. The van der Waals surface area contributed by atoms with Crippen molar-refractivity contribution in [2.24, 2.45) is 0 Å². The minimum Gasteiger partial charge on any atom is -0.495 e. The normalized spacial score (nSPS) is 14.4. The van der Waals surface area contributed by atoms with Crippen LogP contribution in [0.5, 0.6) is 5.75 Å². The number of rotatable bonds is 6. The van der Waals surface area contributed by atoms with Gasteiger partial charge in [0.05, 0.1) is 28.8 Å². The van der Waals surface area contributed by atoms with Crippen LogP contribution in [0, 0.1) is 0 Å². The molecule has 1 aliphatic rings. The number of nitrogens with one attached hydrogen (secondary N) is 2. The third-order valence-corrected chi connectivity index (χ3v) is 5.60. The number of anilines is 2. The van der Waals surface area contributed by atoms with Gasteiger partial charge in [-0.25, -0.2) is 0 Å². The summed E-state index contributed by atoms with van der Waals surface area (Å²) in [5, 5.41) is 11.7. The Morgan fingerprint density at radius 2 is 2.04 bits per heavy atom. The van der Waals surface area contributed by atoms with E-state index in [2.05, 4.69) is 15.8 Å². The SMILES string of the molecule is COc1ccc(NC(C)=O)cc1NC(=O)C1(c2cc(-c3cccs3)on2)CC1. The van der Waals surface area contributed by atoms with E-state index in [-0.39, 0.29) is 11.8 Å². The minimum absolute atomic E-state index is 0.170. The number of methoxy groups -OCH3 is 1. The maximum Gasteiger partial charge on any atom is 0.236 e. The van der Waals surface area contributed by atoms with Crippen LogP contribution in [0.3, 0.4) is 0 Å². The van der Waals surface area contributed by atoms with Gasteiger partial charge in [0, 0.05) is 18.7 Å². The van der Waals surface area contributed by atoms with E-state index in [0.29, 0.717) is 41.4 Å². The summed E-state index contributed by atoms with van der Waals surface area (Å²) in [5.74, 6) is 0.814. The number of hydrogen-bond acceptors (Lipinski definition) is 6. The van der Waals surface area contributed by atoms with Gasteiger partial charge in [0.1, 0.15) is 5.75 Å². The van der Waals surface area contributed by atoms with Gasteiger partial charge in [-0.3, -0.25) is 9.59 Å². The molecule has 0 saturated heterocycles. The number of hydrogen-bond donors (Lipinski definition) is 2. The third kappa shape index (κ3) is 3.38. The van der Waals surface area contributed by atoms with Crippen molar-refractivity contribution in [2.45, 2.75) is 25.2 Å². The van der Waals surface area contributed by atoms with Crippen molar-refractivity contribution >= 4 is 34.5 Å². The molecule has 7 nitrogen and oxygen atoms in total. The maximum atomic E-state index is 13.1. The van der Waals surface area contributed by atoms with Crippen molar-refractivity contribution in [2.75, 3.05) is 17.7 Å². The highest BCUT2D eigenvalue weighted by Crippen LogP contribution is 2.49. The van der Waals surface area contributed by atoms with E-state index in [4.69, 9.17) is 9.26 Å². The van der Waals surface area contributed by atoms with Gasteiger partial charge in [-0.15, -0.1) is 11.3 Å². The molecule has 0 spiro atoms. The highest BCUT2D eigenvalue weighted by Gasteiger charge is 2.54. The van der Waals surface area contributed by atoms with Crippen LogP contribution in [0.1, 0.15) is 25.5 Å². The van der Waals surface area contributed by atoms with Crippen molar-refractivity contribution in [3.05, 3.63) is 47.5 Å². The van der Waals surface area contributed by atoms with E-state index in [0.717, 1.165) is 4.88 Å². The average molecular weight is 397 g/mol. The molecule has 8 heteroatoms. The quantitative estimate of drug-likeness (QED) is 0.655. The molecule has 1 aromatic carbocycles. The second kappa shape index (κ2) is 7.12. The van der Waals surface area contributed by atoms with Crippen molar-refractivity contribution in [3.63, 3.8) is 0 Å². The zero-order valence-electron chi connectivity index (χ0n) is 15.4. The molecule has 2 aromatic heterocycles. The lowest BCUT2D eigenvalue weighted by Gasteiger charge is -2.16. The van der Waals surface area contributed by atoms with E-state index < -0.39 is 5.41 Å².